The van der Waals surface area contributed by atoms with E-state index in [2.05, 4.69) is 14.9 Å². The number of ketones is 1. The molecule has 1 aliphatic carbocycles. The highest BCUT2D eigenvalue weighted by atomic mass is 35.5. The normalized spacial score (nSPS) is 19.8. The molecular formula is C21H25ClN4O3. The molecule has 2 fully saturated rings. The highest BCUT2D eigenvalue weighted by molar-refractivity contribution is 6.32. The summed E-state index contributed by atoms with van der Waals surface area (Å²) in [4.78, 5) is 23.1. The van der Waals surface area contributed by atoms with Crippen molar-refractivity contribution < 1.29 is 14.6 Å². The molecule has 1 aromatic heterocycles. The van der Waals surface area contributed by atoms with Gasteiger partial charge in [0.1, 0.15) is 11.6 Å². The fourth-order valence-corrected chi connectivity index (χ4v) is 4.07. The minimum absolute atomic E-state index is 0.0439. The van der Waals surface area contributed by atoms with Crippen molar-refractivity contribution in [2.24, 2.45) is 5.92 Å². The van der Waals surface area contributed by atoms with E-state index in [-0.39, 0.29) is 29.1 Å². The van der Waals surface area contributed by atoms with Crippen molar-refractivity contribution in [3.05, 3.63) is 40.0 Å². The van der Waals surface area contributed by atoms with Gasteiger partial charge in [0, 0.05) is 36.4 Å². The molecule has 154 valence electrons. The topological polar surface area (TPSA) is 102 Å². The van der Waals surface area contributed by atoms with Crippen LogP contribution in [0.5, 0.6) is 5.75 Å². The first kappa shape index (κ1) is 19.9. The lowest BCUT2D eigenvalue weighted by molar-refractivity contribution is 0.0973. The molecular weight excluding hydrogens is 392 g/mol. The molecule has 2 aliphatic rings. The van der Waals surface area contributed by atoms with Gasteiger partial charge in [0.25, 0.3) is 0 Å². The predicted molar refractivity (Wildman–Crippen MR) is 111 cm³/mol. The number of phenolic OH excluding ortho intramolecular Hbond substituents is 1. The molecule has 1 saturated heterocycles. The quantitative estimate of drug-likeness (QED) is 0.717. The molecule has 2 heterocycles. The van der Waals surface area contributed by atoms with Crippen LogP contribution in [-0.4, -0.2) is 40.6 Å². The number of nitrogen functional groups attached to an aromatic ring is 1. The number of aromatic nitrogens is 2. The molecule has 2 aromatic rings. The minimum atomic E-state index is -0.266. The zero-order valence-corrected chi connectivity index (χ0v) is 17.2. The van der Waals surface area contributed by atoms with Gasteiger partial charge in [-0.05, 0) is 49.8 Å². The Labute approximate surface area is 174 Å². The third-order valence-electron chi connectivity index (χ3n) is 5.44. The highest BCUT2D eigenvalue weighted by Crippen LogP contribution is 2.39. The fourth-order valence-electron chi connectivity index (χ4n) is 3.78. The van der Waals surface area contributed by atoms with E-state index in [0.717, 1.165) is 25.0 Å². The number of carbonyl (C=O) groups excluding carboxylic acids is 1. The average Bonchev–Trinajstić information content (AvgIpc) is 3.48. The molecule has 0 radical (unpaired) electrons. The van der Waals surface area contributed by atoms with Crippen LogP contribution >= 0.6 is 11.6 Å². The number of phenols is 1. The number of rotatable bonds is 5. The third kappa shape index (κ3) is 4.46. The Bertz CT molecular complexity index is 912. The van der Waals surface area contributed by atoms with E-state index in [9.17, 15) is 9.90 Å². The zero-order valence-electron chi connectivity index (χ0n) is 16.4. The van der Waals surface area contributed by atoms with Gasteiger partial charge in [-0.3, -0.25) is 4.79 Å². The van der Waals surface area contributed by atoms with Crippen molar-refractivity contribution in [2.75, 3.05) is 30.4 Å². The van der Waals surface area contributed by atoms with Crippen molar-refractivity contribution >= 4 is 29.2 Å². The number of nitrogens with zero attached hydrogens (tertiary/aromatic N) is 3. The fraction of sp³-hybridized carbons (Fsp3) is 0.476. The number of nitrogens with two attached hydrogens (primary N) is 1. The van der Waals surface area contributed by atoms with Crippen LogP contribution in [0.1, 0.15) is 53.3 Å². The summed E-state index contributed by atoms with van der Waals surface area (Å²) in [5.74, 6) is 1.23. The first-order chi connectivity index (χ1) is 13.9. The zero-order chi connectivity index (χ0) is 20.5. The number of aromatic hydroxyl groups is 1. The van der Waals surface area contributed by atoms with Gasteiger partial charge in [-0.15, -0.1) is 0 Å². The Balaban J connectivity index is 1.69. The number of Topliss-reactive ketones (excluding diaryl/α,β-unsaturated/α-hetero) is 1. The lowest BCUT2D eigenvalue weighted by atomic mass is 9.98. The minimum Gasteiger partial charge on any atom is -0.507 e. The maximum atomic E-state index is 12.5. The van der Waals surface area contributed by atoms with Gasteiger partial charge in [-0.2, -0.15) is 4.98 Å². The Morgan fingerprint density at radius 3 is 2.86 bits per heavy atom. The van der Waals surface area contributed by atoms with E-state index in [1.54, 1.807) is 12.1 Å². The molecule has 0 amide bonds. The summed E-state index contributed by atoms with van der Waals surface area (Å²) < 4.78 is 5.78. The van der Waals surface area contributed by atoms with Crippen molar-refractivity contribution in [3.63, 3.8) is 0 Å². The molecule has 0 unspecified atom stereocenters. The number of halogens is 1. The van der Waals surface area contributed by atoms with Gasteiger partial charge in [0.05, 0.1) is 18.2 Å². The summed E-state index contributed by atoms with van der Waals surface area (Å²) in [6.45, 7) is 3.57. The van der Waals surface area contributed by atoms with Crippen LogP contribution in [0.4, 0.5) is 11.8 Å². The first-order valence-corrected chi connectivity index (χ1v) is 10.3. The Hall–Kier alpha value is -2.38. The summed E-state index contributed by atoms with van der Waals surface area (Å²) in [7, 11) is 0. The molecule has 0 bridgehead atoms. The van der Waals surface area contributed by atoms with Gasteiger partial charge in [-0.1, -0.05) is 11.6 Å². The van der Waals surface area contributed by atoms with E-state index in [0.29, 0.717) is 48.5 Å². The lowest BCUT2D eigenvalue weighted by Crippen LogP contribution is -2.32. The van der Waals surface area contributed by atoms with Crippen LogP contribution in [-0.2, 0) is 4.74 Å². The molecule has 1 aromatic carbocycles. The van der Waals surface area contributed by atoms with Crippen molar-refractivity contribution in [1.29, 1.82) is 0 Å². The number of aryl methyl sites for hydroxylation is 1. The van der Waals surface area contributed by atoms with Crippen LogP contribution < -0.4 is 10.6 Å². The van der Waals surface area contributed by atoms with Gasteiger partial charge < -0.3 is 20.5 Å². The van der Waals surface area contributed by atoms with Gasteiger partial charge in [-0.25, -0.2) is 4.98 Å². The lowest BCUT2D eigenvalue weighted by Gasteiger charge is -2.31. The summed E-state index contributed by atoms with van der Waals surface area (Å²) in [5.41, 5.74) is 7.61. The number of carbonyl (C=O) groups is 1. The molecule has 1 aliphatic heterocycles. The number of benzene rings is 1. The molecule has 1 saturated carbocycles. The van der Waals surface area contributed by atoms with E-state index in [1.165, 1.54) is 0 Å². The second-order valence-corrected chi connectivity index (χ2v) is 8.23. The Morgan fingerprint density at radius 1 is 1.34 bits per heavy atom. The highest BCUT2D eigenvalue weighted by Gasteiger charge is 2.30. The van der Waals surface area contributed by atoms with E-state index in [4.69, 9.17) is 22.1 Å². The molecule has 4 rings (SSSR count). The average molecular weight is 417 g/mol. The summed E-state index contributed by atoms with van der Waals surface area (Å²) in [6.07, 6.45) is 3.44. The van der Waals surface area contributed by atoms with Crippen LogP contribution in [0.15, 0.2) is 18.2 Å². The summed E-state index contributed by atoms with van der Waals surface area (Å²) in [5, 5.41) is 11.0. The van der Waals surface area contributed by atoms with Crippen LogP contribution in [0, 0.1) is 12.8 Å². The molecule has 1 atom stereocenters. The van der Waals surface area contributed by atoms with Gasteiger partial charge in [0.15, 0.2) is 5.78 Å². The van der Waals surface area contributed by atoms with Gasteiger partial charge in [0.2, 0.25) is 5.95 Å². The standard InChI is InChI=1S/C21H25ClN4O3/c1-12-7-20(25-21(23)24-12)26-5-2-6-29-11-17(26)14-10-19(28)15(9-16(14)22)18(27)8-13-3-4-13/h7,9-10,13,17,28H,2-6,8,11H2,1H3,(H2,23,24,25)/t17-/m0/s1. The molecule has 0 spiro atoms. The smallest absolute Gasteiger partial charge is 0.222 e. The second kappa shape index (κ2) is 8.16. The predicted octanol–water partition coefficient (Wildman–Crippen LogP) is 3.68. The van der Waals surface area contributed by atoms with Crippen molar-refractivity contribution in [3.8, 4) is 5.75 Å². The Kier molecular flexibility index (Phi) is 5.61. The van der Waals surface area contributed by atoms with Crippen LogP contribution in [0.3, 0.4) is 0 Å². The number of ether oxygens (including phenoxy) is 1. The SMILES string of the molecule is Cc1cc(N2CCCOC[C@H]2c2cc(O)c(C(=O)CC3CC3)cc2Cl)nc(N)n1. The summed E-state index contributed by atoms with van der Waals surface area (Å²) in [6, 6.07) is 4.78. The summed E-state index contributed by atoms with van der Waals surface area (Å²) >= 11 is 6.60. The number of hydrogen-bond donors (Lipinski definition) is 2. The molecule has 29 heavy (non-hydrogen) atoms. The van der Waals surface area contributed by atoms with Gasteiger partial charge >= 0.3 is 0 Å². The van der Waals surface area contributed by atoms with E-state index >= 15 is 0 Å². The van der Waals surface area contributed by atoms with Crippen LogP contribution in [0.2, 0.25) is 5.02 Å². The first-order valence-electron chi connectivity index (χ1n) is 9.93. The molecule has 3 N–H and O–H groups in total. The largest absolute Gasteiger partial charge is 0.507 e. The maximum absolute atomic E-state index is 12.5. The Morgan fingerprint density at radius 2 is 2.14 bits per heavy atom. The van der Waals surface area contributed by atoms with E-state index < -0.39 is 0 Å². The second-order valence-electron chi connectivity index (χ2n) is 7.82. The van der Waals surface area contributed by atoms with Crippen LogP contribution in [0.25, 0.3) is 0 Å². The maximum Gasteiger partial charge on any atom is 0.222 e. The number of anilines is 2. The number of hydrogen-bond acceptors (Lipinski definition) is 7. The van der Waals surface area contributed by atoms with Crippen molar-refractivity contribution in [1.82, 2.24) is 9.97 Å². The van der Waals surface area contributed by atoms with E-state index in [1.807, 2.05) is 13.0 Å². The van der Waals surface area contributed by atoms with Crippen molar-refractivity contribution in [2.45, 2.75) is 38.6 Å². The molecule has 7 nitrogen and oxygen atoms in total. The molecule has 8 heteroatoms. The third-order valence-corrected chi connectivity index (χ3v) is 5.76. The monoisotopic (exact) mass is 416 g/mol.